The monoisotopic (exact) mass is 398 g/mol. The first kappa shape index (κ1) is 19.6. The third-order valence-electron chi connectivity index (χ3n) is 4.59. The molecule has 1 heterocycles. The summed E-state index contributed by atoms with van der Waals surface area (Å²) >= 11 is 6.69. The van der Waals surface area contributed by atoms with Crippen LogP contribution in [0.2, 0.25) is 0 Å². The van der Waals surface area contributed by atoms with Crippen LogP contribution in [0.1, 0.15) is 28.7 Å². The summed E-state index contributed by atoms with van der Waals surface area (Å²) in [7, 11) is 0. The number of thiocarbonyl (C=S) groups is 1. The number of benzene rings is 2. The third kappa shape index (κ3) is 4.06. The van der Waals surface area contributed by atoms with Gasteiger partial charge in [-0.3, -0.25) is 14.5 Å². The Kier molecular flexibility index (Phi) is 5.67. The van der Waals surface area contributed by atoms with Gasteiger partial charge in [0.25, 0.3) is 0 Å². The van der Waals surface area contributed by atoms with Crippen molar-refractivity contribution in [1.82, 2.24) is 0 Å². The zero-order valence-electron chi connectivity index (χ0n) is 15.8. The lowest BCUT2D eigenvalue weighted by Crippen LogP contribution is -2.33. The van der Waals surface area contributed by atoms with E-state index in [0.29, 0.717) is 4.32 Å². The Bertz CT molecular complexity index is 917. The minimum Gasteiger partial charge on any atom is -0.326 e. The fourth-order valence-electron chi connectivity index (χ4n) is 3.36. The minimum atomic E-state index is -0.497. The smallest absolute Gasteiger partial charge is 0.246 e. The molecule has 6 heteroatoms. The summed E-state index contributed by atoms with van der Waals surface area (Å²) in [6, 6.07) is 11.7. The zero-order valence-corrected chi connectivity index (χ0v) is 17.5. The fourth-order valence-corrected chi connectivity index (χ4v) is 4.87. The lowest BCUT2D eigenvalue weighted by molar-refractivity contribution is -0.121. The molecular formula is C21H22N2O2S2. The largest absolute Gasteiger partial charge is 0.326 e. The Morgan fingerprint density at radius 1 is 1.11 bits per heavy atom. The van der Waals surface area contributed by atoms with Crippen molar-refractivity contribution in [2.75, 3.05) is 10.2 Å². The molecule has 2 aromatic rings. The molecule has 0 radical (unpaired) electrons. The zero-order chi connectivity index (χ0) is 19.7. The van der Waals surface area contributed by atoms with E-state index in [1.807, 2.05) is 64.1 Å². The molecule has 0 aromatic heterocycles. The molecule has 1 N–H and O–H groups in total. The Hall–Kier alpha value is -2.18. The van der Waals surface area contributed by atoms with Crippen LogP contribution < -0.4 is 10.2 Å². The molecule has 1 unspecified atom stereocenters. The van der Waals surface area contributed by atoms with Gasteiger partial charge < -0.3 is 5.32 Å². The number of carbonyl (C=O) groups excluding carboxylic acids is 2. The molecule has 0 spiro atoms. The molecule has 3 rings (SSSR count). The van der Waals surface area contributed by atoms with Gasteiger partial charge in [-0.2, -0.15) is 0 Å². The number of rotatable bonds is 4. The third-order valence-corrected chi connectivity index (χ3v) is 6.10. The van der Waals surface area contributed by atoms with Gasteiger partial charge in [-0.25, -0.2) is 0 Å². The number of nitrogens with zero attached hydrogens (tertiary/aromatic N) is 1. The Morgan fingerprint density at radius 2 is 1.74 bits per heavy atom. The Balaban J connectivity index is 1.74. The first-order chi connectivity index (χ1) is 12.8. The molecule has 1 aliphatic rings. The lowest BCUT2D eigenvalue weighted by Gasteiger charge is -2.18. The minimum absolute atomic E-state index is 0.0960. The highest BCUT2D eigenvalue weighted by Gasteiger charge is 2.39. The fraction of sp³-hybridized carbons (Fsp3) is 0.286. The van der Waals surface area contributed by atoms with Crippen molar-refractivity contribution in [3.05, 3.63) is 58.7 Å². The van der Waals surface area contributed by atoms with E-state index in [4.69, 9.17) is 12.2 Å². The summed E-state index contributed by atoms with van der Waals surface area (Å²) in [4.78, 5) is 27.0. The number of hydrogen-bond donors (Lipinski definition) is 1. The quantitative estimate of drug-likeness (QED) is 0.760. The van der Waals surface area contributed by atoms with Crippen LogP contribution in [0.3, 0.4) is 0 Å². The second kappa shape index (κ2) is 7.82. The number of anilines is 2. The number of hydrogen-bond acceptors (Lipinski definition) is 4. The highest BCUT2D eigenvalue weighted by atomic mass is 32.2. The highest BCUT2D eigenvalue weighted by molar-refractivity contribution is 8.25. The molecule has 27 heavy (non-hydrogen) atoms. The van der Waals surface area contributed by atoms with Crippen molar-refractivity contribution in [3.63, 3.8) is 0 Å². The van der Waals surface area contributed by atoms with Crippen LogP contribution >= 0.6 is 24.0 Å². The van der Waals surface area contributed by atoms with Crippen LogP contribution in [0.5, 0.6) is 0 Å². The van der Waals surface area contributed by atoms with E-state index in [2.05, 4.69) is 5.32 Å². The Morgan fingerprint density at radius 3 is 2.37 bits per heavy atom. The van der Waals surface area contributed by atoms with Gasteiger partial charge in [-0.05, 0) is 50.5 Å². The number of nitrogens with one attached hydrogen (secondary N) is 1. The van der Waals surface area contributed by atoms with Crippen molar-refractivity contribution < 1.29 is 9.59 Å². The van der Waals surface area contributed by atoms with Crippen LogP contribution in [0.25, 0.3) is 0 Å². The average Bonchev–Trinajstić information content (AvgIpc) is 2.85. The van der Waals surface area contributed by atoms with Gasteiger partial charge in [-0.15, -0.1) is 0 Å². The van der Waals surface area contributed by atoms with Crippen LogP contribution in [0, 0.1) is 27.7 Å². The molecule has 4 nitrogen and oxygen atoms in total. The van der Waals surface area contributed by atoms with Crippen molar-refractivity contribution in [2.24, 2.45) is 0 Å². The topological polar surface area (TPSA) is 49.4 Å². The van der Waals surface area contributed by atoms with Crippen molar-refractivity contribution in [1.29, 1.82) is 0 Å². The molecule has 1 fully saturated rings. The molecule has 1 saturated heterocycles. The van der Waals surface area contributed by atoms with Gasteiger partial charge >= 0.3 is 0 Å². The van der Waals surface area contributed by atoms with Gasteiger partial charge in [0.15, 0.2) is 0 Å². The summed E-state index contributed by atoms with van der Waals surface area (Å²) in [5.41, 5.74) is 5.77. The number of amides is 2. The molecule has 0 bridgehead atoms. The molecule has 1 aliphatic heterocycles. The van der Waals surface area contributed by atoms with Gasteiger partial charge in [-0.1, -0.05) is 59.9 Å². The number of thioether (sulfide) groups is 1. The van der Waals surface area contributed by atoms with Gasteiger partial charge in [0.1, 0.15) is 9.57 Å². The predicted octanol–water partition coefficient (Wildman–Crippen LogP) is 4.68. The maximum Gasteiger partial charge on any atom is 0.246 e. The SMILES string of the molecule is Cc1cc(C)c(NC(=O)CC2SC(=S)N(c3ccccc3C)C2=O)c(C)c1. The molecule has 140 valence electrons. The first-order valence-electron chi connectivity index (χ1n) is 8.76. The number of carbonyl (C=O) groups is 2. The predicted molar refractivity (Wildman–Crippen MR) is 117 cm³/mol. The molecule has 2 amide bonds. The van der Waals surface area contributed by atoms with E-state index in [1.54, 1.807) is 4.90 Å². The van der Waals surface area contributed by atoms with E-state index in [1.165, 1.54) is 11.8 Å². The summed E-state index contributed by atoms with van der Waals surface area (Å²) in [5.74, 6) is -0.308. The maximum absolute atomic E-state index is 12.9. The molecule has 0 saturated carbocycles. The van der Waals surface area contributed by atoms with Crippen LogP contribution in [-0.2, 0) is 9.59 Å². The van der Waals surface area contributed by atoms with E-state index in [0.717, 1.165) is 33.6 Å². The van der Waals surface area contributed by atoms with Crippen LogP contribution in [0.4, 0.5) is 11.4 Å². The normalized spacial score (nSPS) is 16.7. The van der Waals surface area contributed by atoms with Crippen molar-refractivity contribution >= 4 is 51.5 Å². The summed E-state index contributed by atoms with van der Waals surface area (Å²) in [6.07, 6.45) is 0.0960. The number of aryl methyl sites for hydroxylation is 4. The van der Waals surface area contributed by atoms with E-state index in [9.17, 15) is 9.59 Å². The molecule has 0 aliphatic carbocycles. The molecule has 1 atom stereocenters. The standard InChI is InChI=1S/C21H22N2O2S2/c1-12-9-14(3)19(15(4)10-12)22-18(24)11-17-20(25)23(21(26)27-17)16-8-6-5-7-13(16)2/h5-10,17H,11H2,1-4H3,(H,22,24). The number of para-hydroxylation sites is 1. The van der Waals surface area contributed by atoms with Crippen molar-refractivity contribution in [2.45, 2.75) is 39.4 Å². The van der Waals surface area contributed by atoms with Gasteiger partial charge in [0, 0.05) is 12.1 Å². The molecular weight excluding hydrogens is 376 g/mol. The molecule has 2 aromatic carbocycles. The summed E-state index contributed by atoms with van der Waals surface area (Å²) in [6.45, 7) is 7.92. The Labute approximate surface area is 169 Å². The van der Waals surface area contributed by atoms with Gasteiger partial charge in [0.2, 0.25) is 11.8 Å². The second-order valence-corrected chi connectivity index (χ2v) is 8.70. The summed E-state index contributed by atoms with van der Waals surface area (Å²) in [5, 5.41) is 2.47. The maximum atomic E-state index is 12.9. The lowest BCUT2D eigenvalue weighted by atomic mass is 10.0. The second-order valence-electron chi connectivity index (χ2n) is 6.86. The van der Waals surface area contributed by atoms with Crippen LogP contribution in [-0.4, -0.2) is 21.4 Å². The van der Waals surface area contributed by atoms with E-state index >= 15 is 0 Å². The van der Waals surface area contributed by atoms with E-state index in [-0.39, 0.29) is 18.2 Å². The summed E-state index contributed by atoms with van der Waals surface area (Å²) < 4.78 is 0.495. The van der Waals surface area contributed by atoms with Crippen molar-refractivity contribution in [3.8, 4) is 0 Å². The van der Waals surface area contributed by atoms with Gasteiger partial charge in [0.05, 0.1) is 5.69 Å². The van der Waals surface area contributed by atoms with Crippen LogP contribution in [0.15, 0.2) is 36.4 Å². The van der Waals surface area contributed by atoms with E-state index < -0.39 is 5.25 Å². The highest BCUT2D eigenvalue weighted by Crippen LogP contribution is 2.35. The average molecular weight is 399 g/mol. The first-order valence-corrected chi connectivity index (χ1v) is 10.0.